The molecule has 0 heterocycles. The van der Waals surface area contributed by atoms with E-state index in [2.05, 4.69) is 34.9 Å². The number of nitrogens with one attached hydrogen (secondary N) is 2. The molecule has 3 N–H and O–H groups in total. The molecule has 3 atom stereocenters. The van der Waals surface area contributed by atoms with Crippen LogP contribution in [0.1, 0.15) is 56.1 Å². The third-order valence-corrected chi connectivity index (χ3v) is 6.76. The van der Waals surface area contributed by atoms with E-state index in [1.807, 2.05) is 31.2 Å². The number of hydrogen-bond acceptors (Lipinski definition) is 4. The Labute approximate surface area is 193 Å². The van der Waals surface area contributed by atoms with Crippen molar-refractivity contribution in [3.8, 4) is 11.1 Å². The van der Waals surface area contributed by atoms with Crippen LogP contribution in [0.5, 0.6) is 0 Å². The molecule has 1 fully saturated rings. The zero-order valence-electron chi connectivity index (χ0n) is 18.8. The number of rotatable bonds is 8. The smallest absolute Gasteiger partial charge is 0.407 e. The second-order valence-corrected chi connectivity index (χ2v) is 8.83. The van der Waals surface area contributed by atoms with E-state index in [4.69, 9.17) is 9.84 Å². The van der Waals surface area contributed by atoms with E-state index < -0.39 is 18.1 Å². The summed E-state index contributed by atoms with van der Waals surface area (Å²) in [4.78, 5) is 36.4. The Balaban J connectivity index is 1.35. The van der Waals surface area contributed by atoms with Gasteiger partial charge in [0.15, 0.2) is 0 Å². The van der Waals surface area contributed by atoms with Gasteiger partial charge in [-0.2, -0.15) is 0 Å². The Bertz CT molecular complexity index is 991. The molecule has 0 aliphatic heterocycles. The van der Waals surface area contributed by atoms with E-state index in [-0.39, 0.29) is 36.8 Å². The lowest BCUT2D eigenvalue weighted by Gasteiger charge is -2.23. The summed E-state index contributed by atoms with van der Waals surface area (Å²) in [6.07, 6.45) is 2.07. The van der Waals surface area contributed by atoms with Gasteiger partial charge in [-0.3, -0.25) is 9.59 Å². The van der Waals surface area contributed by atoms with Gasteiger partial charge in [-0.05, 0) is 41.5 Å². The minimum Gasteiger partial charge on any atom is -0.481 e. The second-order valence-electron chi connectivity index (χ2n) is 8.83. The van der Waals surface area contributed by atoms with E-state index in [0.29, 0.717) is 19.3 Å². The van der Waals surface area contributed by atoms with E-state index in [9.17, 15) is 14.4 Å². The first kappa shape index (κ1) is 22.8. The van der Waals surface area contributed by atoms with Crippen LogP contribution in [0.15, 0.2) is 48.5 Å². The quantitative estimate of drug-likeness (QED) is 0.563. The van der Waals surface area contributed by atoms with Crippen molar-refractivity contribution in [2.75, 3.05) is 6.61 Å². The fourth-order valence-electron chi connectivity index (χ4n) is 5.05. The summed E-state index contributed by atoms with van der Waals surface area (Å²) in [7, 11) is 0. The number of fused-ring (bicyclic) bond motifs is 3. The average molecular weight is 451 g/mol. The van der Waals surface area contributed by atoms with Gasteiger partial charge >= 0.3 is 12.1 Å². The maximum absolute atomic E-state index is 12.7. The van der Waals surface area contributed by atoms with Crippen molar-refractivity contribution in [3.05, 3.63) is 59.7 Å². The highest BCUT2D eigenvalue weighted by atomic mass is 16.5. The first-order valence-corrected chi connectivity index (χ1v) is 11.6. The molecule has 174 valence electrons. The number of aliphatic carboxylic acids is 1. The monoisotopic (exact) mass is 450 g/mol. The topological polar surface area (TPSA) is 105 Å². The third-order valence-electron chi connectivity index (χ3n) is 6.76. The van der Waals surface area contributed by atoms with Gasteiger partial charge in [-0.15, -0.1) is 0 Å². The number of carbonyl (C=O) groups excluding carboxylic acids is 2. The summed E-state index contributed by atoms with van der Waals surface area (Å²) in [5.74, 6) is -1.55. The fourth-order valence-corrected chi connectivity index (χ4v) is 5.05. The Morgan fingerprint density at radius 2 is 1.67 bits per heavy atom. The fraction of sp³-hybridized carbons (Fsp3) is 0.423. The first-order chi connectivity index (χ1) is 16.0. The Morgan fingerprint density at radius 1 is 1.03 bits per heavy atom. The molecule has 33 heavy (non-hydrogen) atoms. The van der Waals surface area contributed by atoms with Crippen molar-refractivity contribution in [1.29, 1.82) is 0 Å². The van der Waals surface area contributed by atoms with E-state index in [0.717, 1.165) is 17.5 Å². The molecule has 7 heteroatoms. The molecule has 0 aromatic heterocycles. The number of ether oxygens (including phenoxy) is 1. The van der Waals surface area contributed by atoms with Crippen molar-refractivity contribution in [2.45, 2.75) is 57.0 Å². The average Bonchev–Trinajstić information content (AvgIpc) is 3.39. The van der Waals surface area contributed by atoms with Crippen LogP contribution >= 0.6 is 0 Å². The minimum atomic E-state index is -0.943. The van der Waals surface area contributed by atoms with Crippen LogP contribution in [0.25, 0.3) is 11.1 Å². The van der Waals surface area contributed by atoms with Gasteiger partial charge in [-0.1, -0.05) is 61.9 Å². The molecule has 2 amide bonds. The number of carbonyl (C=O) groups is 3. The van der Waals surface area contributed by atoms with Crippen LogP contribution in [-0.4, -0.2) is 41.8 Å². The largest absolute Gasteiger partial charge is 0.481 e. The molecule has 4 rings (SSSR count). The number of alkyl carbamates (subject to hydrolysis) is 1. The summed E-state index contributed by atoms with van der Waals surface area (Å²) >= 11 is 0. The summed E-state index contributed by atoms with van der Waals surface area (Å²) in [6, 6.07) is 15.6. The van der Waals surface area contributed by atoms with Gasteiger partial charge in [0.1, 0.15) is 6.61 Å². The van der Waals surface area contributed by atoms with E-state index in [1.54, 1.807) is 0 Å². The number of benzene rings is 2. The van der Waals surface area contributed by atoms with Gasteiger partial charge in [0, 0.05) is 18.0 Å². The van der Waals surface area contributed by atoms with Gasteiger partial charge in [0.05, 0.1) is 12.3 Å². The Kier molecular flexibility index (Phi) is 6.96. The number of hydrogen-bond donors (Lipinski definition) is 3. The van der Waals surface area contributed by atoms with Crippen molar-refractivity contribution in [3.63, 3.8) is 0 Å². The minimum absolute atomic E-state index is 0.0212. The lowest BCUT2D eigenvalue weighted by atomic mass is 9.98. The zero-order chi connectivity index (χ0) is 23.4. The van der Waals surface area contributed by atoms with E-state index >= 15 is 0 Å². The van der Waals surface area contributed by atoms with Crippen LogP contribution in [0.3, 0.4) is 0 Å². The molecule has 2 aromatic rings. The van der Waals surface area contributed by atoms with Crippen LogP contribution in [0, 0.1) is 5.92 Å². The molecule has 2 aliphatic rings. The van der Waals surface area contributed by atoms with Crippen LogP contribution in [-0.2, 0) is 14.3 Å². The van der Waals surface area contributed by atoms with Gasteiger partial charge in [0.25, 0.3) is 0 Å². The maximum atomic E-state index is 12.7. The standard InChI is InChI=1S/C26H30N2O5/c1-2-16(14-24(29)30)27-25(31)21-12-7-13-23(21)28-26(32)33-15-22-19-10-5-3-8-17(19)18-9-4-6-11-20(18)22/h3-6,8-11,16,21-23H,2,7,12-15H2,1H3,(H,27,31)(H,28,32)(H,29,30)/t16-,21?,23?/m0/s1. The number of amides is 2. The summed E-state index contributed by atoms with van der Waals surface area (Å²) in [5, 5.41) is 14.7. The first-order valence-electron chi connectivity index (χ1n) is 11.6. The molecule has 2 aliphatic carbocycles. The third kappa shape index (κ3) is 5.02. The van der Waals surface area contributed by atoms with Crippen LogP contribution in [0.2, 0.25) is 0 Å². The van der Waals surface area contributed by atoms with Crippen molar-refractivity contribution >= 4 is 18.0 Å². The maximum Gasteiger partial charge on any atom is 0.407 e. The number of carboxylic acids is 1. The molecule has 2 unspecified atom stereocenters. The van der Waals surface area contributed by atoms with Gasteiger partial charge in [0.2, 0.25) is 5.91 Å². The lowest BCUT2D eigenvalue weighted by Crippen LogP contribution is -2.47. The summed E-state index contributed by atoms with van der Waals surface area (Å²) in [5.41, 5.74) is 4.63. The van der Waals surface area contributed by atoms with Crippen molar-refractivity contribution < 1.29 is 24.2 Å². The Hall–Kier alpha value is -3.35. The lowest BCUT2D eigenvalue weighted by molar-refractivity contribution is -0.137. The second kappa shape index (κ2) is 10.1. The van der Waals surface area contributed by atoms with Crippen LogP contribution in [0.4, 0.5) is 4.79 Å². The van der Waals surface area contributed by atoms with Crippen molar-refractivity contribution in [1.82, 2.24) is 10.6 Å². The SMILES string of the molecule is CC[C@@H](CC(=O)O)NC(=O)C1CCCC1NC(=O)OCC1c2ccccc2-c2ccccc21. The predicted octanol–water partition coefficient (Wildman–Crippen LogP) is 4.06. The molecule has 0 saturated heterocycles. The van der Waals surface area contributed by atoms with Gasteiger partial charge < -0.3 is 20.5 Å². The molecular formula is C26H30N2O5. The molecule has 7 nitrogen and oxygen atoms in total. The highest BCUT2D eigenvalue weighted by Crippen LogP contribution is 2.44. The summed E-state index contributed by atoms with van der Waals surface area (Å²) in [6.45, 7) is 2.06. The molecule has 1 saturated carbocycles. The highest BCUT2D eigenvalue weighted by molar-refractivity contribution is 5.82. The molecule has 0 radical (unpaired) electrons. The van der Waals surface area contributed by atoms with Crippen molar-refractivity contribution in [2.24, 2.45) is 5.92 Å². The normalized spacial score (nSPS) is 19.9. The van der Waals surface area contributed by atoms with E-state index in [1.165, 1.54) is 11.1 Å². The van der Waals surface area contributed by atoms with Gasteiger partial charge in [-0.25, -0.2) is 4.79 Å². The summed E-state index contributed by atoms with van der Waals surface area (Å²) < 4.78 is 5.63. The number of carboxylic acid groups (broad SMARTS) is 1. The highest BCUT2D eigenvalue weighted by Gasteiger charge is 2.36. The molecule has 0 spiro atoms. The Morgan fingerprint density at radius 3 is 2.27 bits per heavy atom. The van der Waals surface area contributed by atoms with Crippen LogP contribution < -0.4 is 10.6 Å². The molecule has 0 bridgehead atoms. The molecular weight excluding hydrogens is 420 g/mol. The predicted molar refractivity (Wildman–Crippen MR) is 124 cm³/mol. The zero-order valence-corrected chi connectivity index (χ0v) is 18.8. The molecule has 2 aromatic carbocycles.